The molecule has 14 heteroatoms. The number of carboxylic acid groups (broad SMARTS) is 1. The molecule has 4 atom stereocenters. The molecular weight excluding hydrogens is 893 g/mol. The summed E-state index contributed by atoms with van der Waals surface area (Å²) in [7, 11) is 1.44. The molecule has 3 N–H and O–H groups in total. The van der Waals surface area contributed by atoms with Crippen molar-refractivity contribution in [2.24, 2.45) is 5.92 Å². The van der Waals surface area contributed by atoms with E-state index in [1.54, 1.807) is 32.5 Å². The average molecular weight is 957 g/mol. The summed E-state index contributed by atoms with van der Waals surface area (Å²) >= 11 is 1.57. The minimum absolute atomic E-state index is 0.00856. The standard InChI is InChI=1S/C55H64N4O9S/c1-38(2)48(50(61)58-34-41-24-20-19-23-40(41)33-47(58)49(60)57-46(51(62)63)31-32-66-6)59(53(65)67-36-39-21-11-7-12-22-39)35-45(56-52(64)68-54(3,4)5)37-69-55(42-25-13-8-14-26-42,43-27-15-9-16-28-43)44-29-17-10-18-30-44/h7-30,38,45-48H,31-37H2,1-6H3,(H,56,64)(H,57,60)(H,62,63)/t45?,46?,47?,48-/m0/s1. The van der Waals surface area contributed by atoms with Crippen LogP contribution in [0.5, 0.6) is 0 Å². The number of ether oxygens (including phenoxy) is 3. The van der Waals surface area contributed by atoms with Crippen LogP contribution in [0.15, 0.2) is 146 Å². The monoisotopic (exact) mass is 956 g/mol. The van der Waals surface area contributed by atoms with E-state index in [2.05, 4.69) is 47.0 Å². The van der Waals surface area contributed by atoms with Gasteiger partial charge in [-0.05, 0) is 60.1 Å². The van der Waals surface area contributed by atoms with Crippen molar-refractivity contribution in [1.29, 1.82) is 0 Å². The van der Waals surface area contributed by atoms with E-state index in [9.17, 15) is 24.3 Å². The number of amides is 4. The zero-order valence-corrected chi connectivity index (χ0v) is 41.0. The molecule has 0 fully saturated rings. The largest absolute Gasteiger partial charge is 0.480 e. The summed E-state index contributed by atoms with van der Waals surface area (Å²) in [5.41, 5.74) is 4.46. The van der Waals surface area contributed by atoms with Crippen molar-refractivity contribution >= 4 is 41.7 Å². The molecule has 1 aliphatic heterocycles. The van der Waals surface area contributed by atoms with Gasteiger partial charge in [0.2, 0.25) is 11.8 Å². The van der Waals surface area contributed by atoms with E-state index >= 15 is 4.79 Å². The van der Waals surface area contributed by atoms with Gasteiger partial charge in [-0.2, -0.15) is 0 Å². The lowest BCUT2D eigenvalue weighted by Crippen LogP contribution is -2.62. The van der Waals surface area contributed by atoms with Crippen molar-refractivity contribution in [3.63, 3.8) is 0 Å². The number of thioether (sulfide) groups is 1. The van der Waals surface area contributed by atoms with Gasteiger partial charge >= 0.3 is 18.2 Å². The highest BCUT2D eigenvalue weighted by Crippen LogP contribution is 2.48. The molecule has 0 aromatic heterocycles. The van der Waals surface area contributed by atoms with Gasteiger partial charge in [-0.3, -0.25) is 14.5 Å². The summed E-state index contributed by atoms with van der Waals surface area (Å²) in [5, 5.41) is 15.8. The number of carbonyl (C=O) groups excluding carboxylic acids is 4. The summed E-state index contributed by atoms with van der Waals surface area (Å²) in [6, 6.07) is 42.4. The highest BCUT2D eigenvalue weighted by molar-refractivity contribution is 8.00. The maximum atomic E-state index is 15.6. The molecule has 6 rings (SSSR count). The van der Waals surface area contributed by atoms with Gasteiger partial charge < -0.3 is 34.9 Å². The molecule has 0 saturated heterocycles. The molecule has 0 bridgehead atoms. The van der Waals surface area contributed by atoms with Crippen LogP contribution < -0.4 is 10.6 Å². The topological polar surface area (TPSA) is 164 Å². The number of nitrogens with zero attached hydrogens (tertiary/aromatic N) is 2. The van der Waals surface area contributed by atoms with Crippen LogP contribution >= 0.6 is 11.8 Å². The lowest BCUT2D eigenvalue weighted by atomic mass is 9.84. The molecule has 1 aliphatic rings. The maximum absolute atomic E-state index is 15.6. The van der Waals surface area contributed by atoms with Gasteiger partial charge in [0, 0.05) is 45.4 Å². The van der Waals surface area contributed by atoms with Gasteiger partial charge in [0.25, 0.3) is 0 Å². The van der Waals surface area contributed by atoms with E-state index in [0.717, 1.165) is 33.4 Å². The Morgan fingerprint density at radius 1 is 0.754 bits per heavy atom. The highest BCUT2D eigenvalue weighted by Gasteiger charge is 2.45. The summed E-state index contributed by atoms with van der Waals surface area (Å²) in [6.45, 7) is 8.72. The Balaban J connectivity index is 1.44. The third-order valence-electron chi connectivity index (χ3n) is 11.9. The Morgan fingerprint density at radius 3 is 1.78 bits per heavy atom. The Bertz CT molecular complexity index is 2370. The molecule has 0 spiro atoms. The van der Waals surface area contributed by atoms with Crippen LogP contribution in [-0.2, 0) is 52.9 Å². The number of carbonyl (C=O) groups is 5. The minimum atomic E-state index is -1.27. The van der Waals surface area contributed by atoms with Gasteiger partial charge in [-0.25, -0.2) is 14.4 Å². The van der Waals surface area contributed by atoms with Gasteiger partial charge in [0.1, 0.15) is 30.3 Å². The minimum Gasteiger partial charge on any atom is -0.480 e. The Labute approximate surface area is 409 Å². The van der Waals surface area contributed by atoms with E-state index < -0.39 is 70.4 Å². The smallest absolute Gasteiger partial charge is 0.410 e. The third kappa shape index (κ3) is 13.5. The number of methoxy groups -OCH3 is 1. The van der Waals surface area contributed by atoms with Crippen LogP contribution in [0.25, 0.3) is 0 Å². The Hall–Kier alpha value is -6.64. The first-order valence-electron chi connectivity index (χ1n) is 23.3. The van der Waals surface area contributed by atoms with Crippen molar-refractivity contribution in [1.82, 2.24) is 20.4 Å². The fourth-order valence-corrected chi connectivity index (χ4v) is 10.2. The number of benzene rings is 5. The second kappa shape index (κ2) is 24.1. The first kappa shape index (κ1) is 51.7. The molecule has 0 aliphatic carbocycles. The molecule has 13 nitrogen and oxygen atoms in total. The lowest BCUT2D eigenvalue weighted by Gasteiger charge is -2.42. The SMILES string of the molecule is COCCC(NC(=O)C1Cc2ccccc2CN1C(=O)[C@H](C(C)C)N(CC(CSC(c1ccccc1)(c1ccccc1)c1ccccc1)NC(=O)OC(C)(C)C)C(=O)OCc1ccccc1)C(=O)O. The molecule has 0 radical (unpaired) electrons. The third-order valence-corrected chi connectivity index (χ3v) is 13.6. The fraction of sp³-hybridized carbons (Fsp3) is 0.364. The predicted molar refractivity (Wildman–Crippen MR) is 267 cm³/mol. The Morgan fingerprint density at radius 2 is 1.28 bits per heavy atom. The summed E-state index contributed by atoms with van der Waals surface area (Å²) < 4.78 is 16.2. The number of carboxylic acids is 1. The first-order chi connectivity index (χ1) is 33.1. The van der Waals surface area contributed by atoms with Gasteiger partial charge in [-0.1, -0.05) is 159 Å². The molecule has 5 aromatic carbocycles. The van der Waals surface area contributed by atoms with Crippen molar-refractivity contribution in [2.45, 2.75) is 95.1 Å². The second-order valence-corrected chi connectivity index (χ2v) is 19.7. The normalized spacial score (nSPS) is 14.9. The molecule has 0 saturated carbocycles. The fourth-order valence-electron chi connectivity index (χ4n) is 8.65. The van der Waals surface area contributed by atoms with E-state index in [1.165, 1.54) is 16.9 Å². The number of rotatable bonds is 20. The zero-order chi connectivity index (χ0) is 49.6. The lowest BCUT2D eigenvalue weighted by molar-refractivity contribution is -0.149. The number of fused-ring (bicyclic) bond motifs is 1. The molecular formula is C55H64N4O9S. The zero-order valence-electron chi connectivity index (χ0n) is 40.2. The van der Waals surface area contributed by atoms with E-state index in [0.29, 0.717) is 0 Å². The van der Waals surface area contributed by atoms with Crippen molar-refractivity contribution in [3.8, 4) is 0 Å². The highest BCUT2D eigenvalue weighted by atomic mass is 32.2. The van der Waals surface area contributed by atoms with Crippen LogP contribution in [0.2, 0.25) is 0 Å². The molecule has 5 aromatic rings. The van der Waals surface area contributed by atoms with Gasteiger partial charge in [0.05, 0.1) is 10.8 Å². The van der Waals surface area contributed by atoms with Gasteiger partial charge in [-0.15, -0.1) is 11.8 Å². The number of alkyl carbamates (subject to hydrolysis) is 1. The Kier molecular flexibility index (Phi) is 18.1. The molecule has 3 unspecified atom stereocenters. The number of nitrogens with one attached hydrogen (secondary N) is 2. The molecule has 364 valence electrons. The first-order valence-corrected chi connectivity index (χ1v) is 24.3. The van der Waals surface area contributed by atoms with Crippen LogP contribution in [0.4, 0.5) is 9.59 Å². The van der Waals surface area contributed by atoms with Crippen molar-refractivity contribution in [3.05, 3.63) is 179 Å². The predicted octanol–water partition coefficient (Wildman–Crippen LogP) is 8.83. The maximum Gasteiger partial charge on any atom is 0.410 e. The summed E-state index contributed by atoms with van der Waals surface area (Å²) in [5.74, 6) is -2.78. The van der Waals surface area contributed by atoms with E-state index in [4.69, 9.17) is 14.2 Å². The molecule has 1 heterocycles. The number of hydrogen-bond acceptors (Lipinski definition) is 9. The van der Waals surface area contributed by atoms with Crippen LogP contribution in [0.3, 0.4) is 0 Å². The van der Waals surface area contributed by atoms with Crippen LogP contribution in [0.1, 0.15) is 74.4 Å². The quantitative estimate of drug-likeness (QED) is 0.0643. The number of hydrogen-bond donors (Lipinski definition) is 3. The average Bonchev–Trinajstić information content (AvgIpc) is 3.34. The van der Waals surface area contributed by atoms with Gasteiger partial charge in [0.15, 0.2) is 0 Å². The van der Waals surface area contributed by atoms with E-state index in [-0.39, 0.29) is 44.9 Å². The molecule has 69 heavy (non-hydrogen) atoms. The summed E-state index contributed by atoms with van der Waals surface area (Å²) in [6.07, 6.45) is -1.41. The van der Waals surface area contributed by atoms with Crippen molar-refractivity contribution in [2.75, 3.05) is 26.0 Å². The van der Waals surface area contributed by atoms with Crippen LogP contribution in [-0.4, -0.2) is 101 Å². The van der Waals surface area contributed by atoms with Crippen molar-refractivity contribution < 1.29 is 43.3 Å². The van der Waals surface area contributed by atoms with Crippen LogP contribution in [0, 0.1) is 5.92 Å². The van der Waals surface area contributed by atoms with E-state index in [1.807, 2.05) is 123 Å². The summed E-state index contributed by atoms with van der Waals surface area (Å²) in [4.78, 5) is 73.9. The molecule has 4 amide bonds. The number of aliphatic carboxylic acids is 1. The second-order valence-electron chi connectivity index (χ2n) is 18.5.